The van der Waals surface area contributed by atoms with Crippen LogP contribution >= 0.6 is 0 Å². The van der Waals surface area contributed by atoms with Crippen LogP contribution in [0.3, 0.4) is 0 Å². The maximum atomic E-state index is 13.8. The van der Waals surface area contributed by atoms with Crippen molar-refractivity contribution in [3.8, 4) is 0 Å². The van der Waals surface area contributed by atoms with Gasteiger partial charge in [0.2, 0.25) is 5.91 Å². The van der Waals surface area contributed by atoms with Gasteiger partial charge in [-0.3, -0.25) is 9.78 Å². The SMILES string of the molecule is O=C(O)N[C@H](C(=O)Nc1ccccc1CC[C@@H]1CN[C@H](c2nc3ccncc3[nH]2)CO1)C(c1ccccc1)c1ccccc1. The van der Waals surface area contributed by atoms with Crippen LogP contribution in [0.5, 0.6) is 0 Å². The Morgan fingerprint density at radius 3 is 2.32 bits per heavy atom. The number of fused-ring (bicyclic) bond motifs is 1. The number of benzene rings is 3. The van der Waals surface area contributed by atoms with Gasteiger partial charge < -0.3 is 30.8 Å². The van der Waals surface area contributed by atoms with Gasteiger partial charge in [-0.15, -0.1) is 0 Å². The fourth-order valence-electron chi connectivity index (χ4n) is 5.75. The number of nitrogens with zero attached hydrogens (tertiary/aromatic N) is 2. The number of carbonyl (C=O) groups is 2. The molecule has 224 valence electrons. The molecule has 0 aliphatic carbocycles. The van der Waals surface area contributed by atoms with Crippen molar-refractivity contribution in [3.05, 3.63) is 126 Å². The molecule has 1 saturated heterocycles. The minimum atomic E-state index is -1.27. The topological polar surface area (TPSA) is 141 Å². The fourth-order valence-corrected chi connectivity index (χ4v) is 5.75. The Balaban J connectivity index is 1.13. The number of para-hydroxylation sites is 1. The highest BCUT2D eigenvalue weighted by molar-refractivity contribution is 5.98. The second kappa shape index (κ2) is 13.5. The Morgan fingerprint density at radius 2 is 1.66 bits per heavy atom. The third kappa shape index (κ3) is 6.77. The third-order valence-corrected chi connectivity index (χ3v) is 7.95. The van der Waals surface area contributed by atoms with Crippen molar-refractivity contribution in [2.45, 2.75) is 36.9 Å². The molecule has 0 bridgehead atoms. The van der Waals surface area contributed by atoms with Gasteiger partial charge in [-0.25, -0.2) is 9.78 Å². The van der Waals surface area contributed by atoms with E-state index in [0.717, 1.165) is 40.0 Å². The van der Waals surface area contributed by atoms with Crippen molar-refractivity contribution in [1.82, 2.24) is 25.6 Å². The highest BCUT2D eigenvalue weighted by Crippen LogP contribution is 2.30. The lowest BCUT2D eigenvalue weighted by Gasteiger charge is -2.30. The molecule has 0 spiro atoms. The molecule has 1 fully saturated rings. The van der Waals surface area contributed by atoms with E-state index in [1.807, 2.05) is 91.0 Å². The summed E-state index contributed by atoms with van der Waals surface area (Å²) in [5, 5.41) is 18.8. The monoisotopic (exact) mass is 590 g/mol. The van der Waals surface area contributed by atoms with E-state index in [2.05, 4.69) is 30.9 Å². The summed E-state index contributed by atoms with van der Waals surface area (Å²) in [4.78, 5) is 37.9. The van der Waals surface area contributed by atoms with Gasteiger partial charge in [0, 0.05) is 24.3 Å². The summed E-state index contributed by atoms with van der Waals surface area (Å²) in [5.41, 5.74) is 5.02. The second-order valence-corrected chi connectivity index (χ2v) is 10.8. The zero-order valence-electron chi connectivity index (χ0n) is 24.0. The number of imidazole rings is 1. The first kappa shape index (κ1) is 29.0. The number of amides is 2. The molecule has 1 aliphatic heterocycles. The van der Waals surface area contributed by atoms with Crippen LogP contribution in [-0.4, -0.2) is 57.4 Å². The Morgan fingerprint density at radius 1 is 0.955 bits per heavy atom. The lowest BCUT2D eigenvalue weighted by molar-refractivity contribution is -0.118. The van der Waals surface area contributed by atoms with Crippen molar-refractivity contribution < 1.29 is 19.4 Å². The van der Waals surface area contributed by atoms with Gasteiger partial charge in [0.1, 0.15) is 11.9 Å². The average Bonchev–Trinajstić information content (AvgIpc) is 3.50. The number of morpholine rings is 1. The summed E-state index contributed by atoms with van der Waals surface area (Å²) >= 11 is 0. The number of carbonyl (C=O) groups excluding carboxylic acids is 1. The fraction of sp³-hybridized carbons (Fsp3) is 0.235. The molecular formula is C34H34N6O4. The molecule has 10 heteroatoms. The average molecular weight is 591 g/mol. The number of aromatic amines is 1. The third-order valence-electron chi connectivity index (χ3n) is 7.95. The molecule has 5 aromatic rings. The second-order valence-electron chi connectivity index (χ2n) is 10.8. The van der Waals surface area contributed by atoms with E-state index in [9.17, 15) is 14.7 Å². The Kier molecular flexibility index (Phi) is 8.90. The summed E-state index contributed by atoms with van der Waals surface area (Å²) in [6.45, 7) is 1.15. The van der Waals surface area contributed by atoms with Gasteiger partial charge in [0.15, 0.2) is 0 Å². The number of anilines is 1. The molecule has 1 aliphatic rings. The lowest BCUT2D eigenvalue weighted by atomic mass is 9.84. The van der Waals surface area contributed by atoms with Crippen molar-refractivity contribution in [1.29, 1.82) is 0 Å². The molecule has 2 aromatic heterocycles. The Bertz CT molecular complexity index is 1630. The van der Waals surface area contributed by atoms with Gasteiger partial charge in [0.25, 0.3) is 0 Å². The summed E-state index contributed by atoms with van der Waals surface area (Å²) in [6.07, 6.45) is 3.61. The Labute approximate surface area is 254 Å². The van der Waals surface area contributed by atoms with Gasteiger partial charge >= 0.3 is 6.09 Å². The smallest absolute Gasteiger partial charge is 0.405 e. The van der Waals surface area contributed by atoms with Crippen molar-refractivity contribution >= 4 is 28.7 Å². The molecule has 5 N–H and O–H groups in total. The highest BCUT2D eigenvalue weighted by Gasteiger charge is 2.33. The first-order valence-corrected chi connectivity index (χ1v) is 14.7. The maximum Gasteiger partial charge on any atom is 0.405 e. The van der Waals surface area contributed by atoms with E-state index in [-0.39, 0.29) is 12.1 Å². The number of nitrogens with one attached hydrogen (secondary N) is 4. The van der Waals surface area contributed by atoms with Crippen LogP contribution in [0.4, 0.5) is 10.5 Å². The van der Waals surface area contributed by atoms with E-state index in [0.29, 0.717) is 25.3 Å². The first-order valence-electron chi connectivity index (χ1n) is 14.7. The highest BCUT2D eigenvalue weighted by atomic mass is 16.5. The minimum Gasteiger partial charge on any atom is -0.465 e. The summed E-state index contributed by atoms with van der Waals surface area (Å²) in [6, 6.07) is 27.3. The van der Waals surface area contributed by atoms with Crippen LogP contribution in [0, 0.1) is 0 Å². The van der Waals surface area contributed by atoms with E-state index < -0.39 is 24.0 Å². The van der Waals surface area contributed by atoms with E-state index in [4.69, 9.17) is 4.74 Å². The molecule has 3 heterocycles. The van der Waals surface area contributed by atoms with Gasteiger partial charge in [-0.2, -0.15) is 0 Å². The number of pyridine rings is 1. The number of ether oxygens (including phenoxy) is 1. The summed E-state index contributed by atoms with van der Waals surface area (Å²) in [7, 11) is 0. The van der Waals surface area contributed by atoms with E-state index in [1.165, 1.54) is 0 Å². The number of aromatic nitrogens is 3. The van der Waals surface area contributed by atoms with Crippen LogP contribution in [0.1, 0.15) is 40.9 Å². The van der Waals surface area contributed by atoms with Crippen molar-refractivity contribution in [3.63, 3.8) is 0 Å². The predicted molar refractivity (Wildman–Crippen MR) is 167 cm³/mol. The minimum absolute atomic E-state index is 0.0111. The number of carboxylic acid groups (broad SMARTS) is 1. The van der Waals surface area contributed by atoms with Crippen LogP contribution in [-0.2, 0) is 16.0 Å². The quantitative estimate of drug-likeness (QED) is 0.154. The molecule has 44 heavy (non-hydrogen) atoms. The lowest BCUT2D eigenvalue weighted by Crippen LogP contribution is -2.47. The number of rotatable bonds is 10. The summed E-state index contributed by atoms with van der Waals surface area (Å²) in [5.74, 6) is -0.135. The molecule has 3 aromatic carbocycles. The number of H-pyrrole nitrogens is 1. The number of hydrogen-bond donors (Lipinski definition) is 5. The maximum absolute atomic E-state index is 13.8. The molecule has 3 atom stereocenters. The molecule has 10 nitrogen and oxygen atoms in total. The van der Waals surface area contributed by atoms with E-state index in [1.54, 1.807) is 12.4 Å². The van der Waals surface area contributed by atoms with Crippen LogP contribution in [0.2, 0.25) is 0 Å². The van der Waals surface area contributed by atoms with Crippen molar-refractivity contribution in [2.75, 3.05) is 18.5 Å². The molecule has 6 rings (SSSR count). The van der Waals surface area contributed by atoms with Gasteiger partial charge in [0.05, 0.1) is 36.0 Å². The first-order chi connectivity index (χ1) is 21.5. The normalized spacial score (nSPS) is 17.3. The zero-order valence-corrected chi connectivity index (χ0v) is 24.0. The van der Waals surface area contributed by atoms with Crippen molar-refractivity contribution in [2.24, 2.45) is 0 Å². The molecule has 0 unspecified atom stereocenters. The molecule has 0 saturated carbocycles. The zero-order chi connectivity index (χ0) is 30.3. The van der Waals surface area contributed by atoms with E-state index >= 15 is 0 Å². The predicted octanol–water partition coefficient (Wildman–Crippen LogP) is 5.03. The van der Waals surface area contributed by atoms with Gasteiger partial charge in [-0.05, 0) is 41.7 Å². The van der Waals surface area contributed by atoms with Gasteiger partial charge in [-0.1, -0.05) is 78.9 Å². The van der Waals surface area contributed by atoms with Crippen LogP contribution in [0.15, 0.2) is 103 Å². The molecular weight excluding hydrogens is 556 g/mol. The largest absolute Gasteiger partial charge is 0.465 e. The standard InChI is InChI=1S/C34H34N6O4/c41-33(31(40-34(42)43)30(23-10-3-1-4-11-23)24-12-5-2-6-13-24)39-26-14-8-7-9-22(26)15-16-25-19-36-29(21-44-25)32-37-27-17-18-35-20-28(27)38-32/h1-14,17-18,20,25,29-31,36,40H,15-16,19,21H2,(H,37,38)(H,39,41)(H,42,43)/t25-,29+,31+/m1/s1. The molecule has 2 amide bonds. The summed E-state index contributed by atoms with van der Waals surface area (Å²) < 4.78 is 6.19. The van der Waals surface area contributed by atoms with Crippen LogP contribution in [0.25, 0.3) is 11.0 Å². The Hall–Kier alpha value is -5.06. The molecule has 0 radical (unpaired) electrons. The number of hydrogen-bond acceptors (Lipinski definition) is 6. The van der Waals surface area contributed by atoms with Crippen LogP contribution < -0.4 is 16.0 Å². The number of aryl methyl sites for hydroxylation is 1.